The van der Waals surface area contributed by atoms with Crippen LogP contribution in [0.15, 0.2) is 97.1 Å². The molecule has 7 heteroatoms. The van der Waals surface area contributed by atoms with Gasteiger partial charge in [-0.1, -0.05) is 72.8 Å². The second-order valence-electron chi connectivity index (χ2n) is 11.0. The van der Waals surface area contributed by atoms with E-state index >= 15 is 0 Å². The van der Waals surface area contributed by atoms with Crippen LogP contribution in [-0.2, 0) is 0 Å². The smallest absolute Gasteiger partial charge is 0.186 e. The summed E-state index contributed by atoms with van der Waals surface area (Å²) >= 11 is 0. The van der Waals surface area contributed by atoms with Gasteiger partial charge in [0.15, 0.2) is 28.8 Å². The highest BCUT2D eigenvalue weighted by Gasteiger charge is 2.71. The second kappa shape index (κ2) is 9.98. The normalized spacial score (nSPS) is 20.9. The van der Waals surface area contributed by atoms with Crippen molar-refractivity contribution in [3.05, 3.63) is 125 Å². The van der Waals surface area contributed by atoms with Crippen molar-refractivity contribution >= 4 is 29.1 Å². The zero-order chi connectivity index (χ0) is 29.9. The number of ketones is 3. The minimum atomic E-state index is -1.60. The Morgan fingerprint density at radius 1 is 0.744 bits per heavy atom. The molecule has 0 amide bonds. The highest BCUT2D eigenvalue weighted by Crippen LogP contribution is 2.61. The first-order valence-corrected chi connectivity index (χ1v) is 14.1. The van der Waals surface area contributed by atoms with Crippen molar-refractivity contribution in [2.24, 2.45) is 5.41 Å². The lowest BCUT2D eigenvalue weighted by molar-refractivity contribution is 0.0665. The molecule has 0 aromatic heterocycles. The van der Waals surface area contributed by atoms with Gasteiger partial charge in [-0.2, -0.15) is 0 Å². The average Bonchev–Trinajstić information content (AvgIpc) is 3.50. The van der Waals surface area contributed by atoms with Gasteiger partial charge in [-0.05, 0) is 41.5 Å². The van der Waals surface area contributed by atoms with E-state index in [1.165, 1.54) is 7.11 Å². The van der Waals surface area contributed by atoms with Crippen molar-refractivity contribution in [1.82, 2.24) is 0 Å². The van der Waals surface area contributed by atoms with Gasteiger partial charge >= 0.3 is 0 Å². The summed E-state index contributed by atoms with van der Waals surface area (Å²) in [6, 6.07) is 25.4. The van der Waals surface area contributed by atoms with E-state index in [1.807, 2.05) is 47.4 Å². The Balaban J connectivity index is 1.55. The first kappa shape index (κ1) is 26.7. The van der Waals surface area contributed by atoms with Crippen LogP contribution in [0.25, 0.3) is 6.08 Å². The van der Waals surface area contributed by atoms with Gasteiger partial charge < -0.3 is 19.1 Å². The molecular formula is C36H29NO6. The maximum atomic E-state index is 14.9. The highest BCUT2D eigenvalue weighted by atomic mass is 16.5. The first-order valence-electron chi connectivity index (χ1n) is 14.1. The zero-order valence-electron chi connectivity index (χ0n) is 23.9. The Bertz CT molecular complexity index is 1810. The van der Waals surface area contributed by atoms with Crippen LogP contribution in [0.5, 0.6) is 17.2 Å². The van der Waals surface area contributed by atoms with Crippen molar-refractivity contribution in [3.63, 3.8) is 0 Å². The summed E-state index contributed by atoms with van der Waals surface area (Å²) in [6.07, 6.45) is 3.86. The second-order valence-corrected chi connectivity index (χ2v) is 11.0. The number of para-hydroxylation sites is 1. The fraction of sp³-hybridized carbons (Fsp3) is 0.194. The van der Waals surface area contributed by atoms with Crippen LogP contribution in [0, 0.1) is 5.41 Å². The summed E-state index contributed by atoms with van der Waals surface area (Å²) in [7, 11) is 4.64. The molecule has 0 bridgehead atoms. The highest BCUT2D eigenvalue weighted by molar-refractivity contribution is 6.32. The third-order valence-electron chi connectivity index (χ3n) is 9.10. The van der Waals surface area contributed by atoms with Crippen molar-refractivity contribution in [2.45, 2.75) is 18.0 Å². The lowest BCUT2D eigenvalue weighted by atomic mass is 9.64. The van der Waals surface area contributed by atoms with Gasteiger partial charge in [0.05, 0.1) is 27.4 Å². The van der Waals surface area contributed by atoms with Crippen molar-refractivity contribution in [2.75, 3.05) is 26.2 Å². The number of rotatable bonds is 6. The fourth-order valence-corrected chi connectivity index (χ4v) is 7.28. The summed E-state index contributed by atoms with van der Waals surface area (Å²) in [4.78, 5) is 46.4. The number of benzene rings is 4. The Labute approximate surface area is 249 Å². The van der Waals surface area contributed by atoms with E-state index in [2.05, 4.69) is 0 Å². The van der Waals surface area contributed by atoms with E-state index in [4.69, 9.17) is 14.2 Å². The number of fused-ring (bicyclic) bond motifs is 5. The maximum Gasteiger partial charge on any atom is 0.186 e. The summed E-state index contributed by atoms with van der Waals surface area (Å²) in [5, 5.41) is 0. The Hall–Kier alpha value is -5.17. The standard InChI is InChI=1S/C36H29NO6/c1-41-24-11-8-10-23(19-24)33(38)32-31(22-15-17-28(42-2)29(20-22)43-3)36(34(39)25-12-5-6-13-26(25)35(36)40)30-18-16-21-9-4-7-14-27(21)37(30)32/h4-20,30-32H,1-3H3/t30?,31-,32+/m0/s1. The van der Waals surface area contributed by atoms with Crippen molar-refractivity contribution < 1.29 is 28.6 Å². The van der Waals surface area contributed by atoms with Gasteiger partial charge in [-0.15, -0.1) is 0 Å². The number of Topliss-reactive ketones (excluding diaryl/α,β-unsaturated/α-hetero) is 3. The monoisotopic (exact) mass is 571 g/mol. The molecule has 1 fully saturated rings. The van der Waals surface area contributed by atoms with Gasteiger partial charge in [0.25, 0.3) is 0 Å². The summed E-state index contributed by atoms with van der Waals surface area (Å²) < 4.78 is 16.6. The number of carbonyl (C=O) groups is 3. The van der Waals surface area contributed by atoms with Crippen LogP contribution in [-0.4, -0.2) is 50.8 Å². The molecule has 1 unspecified atom stereocenters. The molecule has 7 nitrogen and oxygen atoms in total. The molecule has 0 N–H and O–H groups in total. The Morgan fingerprint density at radius 2 is 1.44 bits per heavy atom. The third kappa shape index (κ3) is 3.64. The number of carbonyl (C=O) groups excluding carboxylic acids is 3. The van der Waals surface area contributed by atoms with Gasteiger partial charge in [-0.3, -0.25) is 14.4 Å². The predicted octanol–water partition coefficient (Wildman–Crippen LogP) is 6.03. The molecule has 1 aliphatic carbocycles. The summed E-state index contributed by atoms with van der Waals surface area (Å²) in [5.41, 5.74) is 1.89. The zero-order valence-corrected chi connectivity index (χ0v) is 23.9. The number of nitrogens with zero attached hydrogens (tertiary/aromatic N) is 1. The first-order chi connectivity index (χ1) is 20.9. The molecule has 43 heavy (non-hydrogen) atoms. The van der Waals surface area contributed by atoms with Crippen LogP contribution < -0.4 is 19.1 Å². The molecule has 4 aromatic rings. The maximum absolute atomic E-state index is 14.9. The molecule has 3 atom stereocenters. The Kier molecular flexibility index (Phi) is 6.20. The van der Waals surface area contributed by atoms with Crippen LogP contribution in [0.1, 0.15) is 48.1 Å². The quantitative estimate of drug-likeness (QED) is 0.207. The molecular weight excluding hydrogens is 542 g/mol. The third-order valence-corrected chi connectivity index (χ3v) is 9.10. The molecule has 1 saturated heterocycles. The van der Waals surface area contributed by atoms with Gasteiger partial charge in [0.2, 0.25) is 0 Å². The van der Waals surface area contributed by atoms with Crippen LogP contribution in [0.4, 0.5) is 5.69 Å². The largest absolute Gasteiger partial charge is 0.497 e. The van der Waals surface area contributed by atoms with E-state index in [-0.39, 0.29) is 17.3 Å². The van der Waals surface area contributed by atoms with Gasteiger partial charge in [0, 0.05) is 28.3 Å². The van der Waals surface area contributed by atoms with Gasteiger partial charge in [-0.25, -0.2) is 0 Å². The molecule has 4 aromatic carbocycles. The number of anilines is 1. The lowest BCUT2D eigenvalue weighted by Gasteiger charge is -2.37. The molecule has 0 radical (unpaired) electrons. The number of ether oxygens (including phenoxy) is 3. The average molecular weight is 572 g/mol. The van der Waals surface area contributed by atoms with Gasteiger partial charge in [0.1, 0.15) is 17.2 Å². The lowest BCUT2D eigenvalue weighted by Crippen LogP contribution is -2.48. The summed E-state index contributed by atoms with van der Waals surface area (Å²) in [5.74, 6) is -0.164. The molecule has 3 aliphatic rings. The van der Waals surface area contributed by atoms with Crippen molar-refractivity contribution in [3.8, 4) is 17.2 Å². The van der Waals surface area contributed by atoms with Crippen LogP contribution >= 0.6 is 0 Å². The molecule has 1 spiro atoms. The minimum absolute atomic E-state index is 0.220. The SMILES string of the molecule is COc1cccc(C(=O)[C@H]2[C@H](c3ccc(OC)c(OC)c3)C3(C(=O)c4ccccc4C3=O)C3C=Cc4ccccc4N32)c1. The predicted molar refractivity (Wildman–Crippen MR) is 163 cm³/mol. The molecule has 214 valence electrons. The molecule has 7 rings (SSSR count). The van der Waals surface area contributed by atoms with E-state index in [9.17, 15) is 14.4 Å². The van der Waals surface area contributed by atoms with E-state index in [0.717, 1.165) is 11.3 Å². The number of hydrogen-bond donors (Lipinski definition) is 0. The Morgan fingerprint density at radius 3 is 2.14 bits per heavy atom. The number of hydrogen-bond acceptors (Lipinski definition) is 7. The summed E-state index contributed by atoms with van der Waals surface area (Å²) in [6.45, 7) is 0. The van der Waals surface area contributed by atoms with Crippen LogP contribution in [0.2, 0.25) is 0 Å². The fourth-order valence-electron chi connectivity index (χ4n) is 7.28. The topological polar surface area (TPSA) is 82.1 Å². The van der Waals surface area contributed by atoms with Crippen molar-refractivity contribution in [1.29, 1.82) is 0 Å². The minimum Gasteiger partial charge on any atom is -0.497 e. The van der Waals surface area contributed by atoms with Crippen LogP contribution in [0.3, 0.4) is 0 Å². The van der Waals surface area contributed by atoms with E-state index < -0.39 is 23.4 Å². The molecule has 0 saturated carbocycles. The molecule has 2 heterocycles. The number of methoxy groups -OCH3 is 3. The molecule has 2 aliphatic heterocycles. The van der Waals surface area contributed by atoms with E-state index in [1.54, 1.807) is 74.9 Å². The van der Waals surface area contributed by atoms with E-state index in [0.29, 0.717) is 39.5 Å².